The van der Waals surface area contributed by atoms with Crippen LogP contribution >= 0.6 is 0 Å². The van der Waals surface area contributed by atoms with E-state index >= 15 is 0 Å². The molecule has 108 valence electrons. The quantitative estimate of drug-likeness (QED) is 0.784. The molecule has 1 unspecified atom stereocenters. The summed E-state index contributed by atoms with van der Waals surface area (Å²) in [6.45, 7) is 4.30. The summed E-state index contributed by atoms with van der Waals surface area (Å²) in [4.78, 5) is 25.8. The molecule has 0 aromatic carbocycles. The van der Waals surface area contributed by atoms with E-state index in [2.05, 4.69) is 5.10 Å². The molecule has 1 aromatic heterocycles. The minimum absolute atomic E-state index is 0.0580. The molecule has 1 aliphatic heterocycles. The van der Waals surface area contributed by atoms with Crippen molar-refractivity contribution >= 4 is 11.8 Å². The van der Waals surface area contributed by atoms with Crippen LogP contribution in [0.15, 0.2) is 18.5 Å². The van der Waals surface area contributed by atoms with Crippen LogP contribution in [0.5, 0.6) is 0 Å². The van der Waals surface area contributed by atoms with E-state index in [0.29, 0.717) is 6.42 Å². The van der Waals surface area contributed by atoms with Gasteiger partial charge in [-0.3, -0.25) is 19.2 Å². The van der Waals surface area contributed by atoms with Gasteiger partial charge in [0.1, 0.15) is 0 Å². The van der Waals surface area contributed by atoms with Crippen molar-refractivity contribution in [2.45, 2.75) is 32.9 Å². The molecule has 0 bridgehead atoms. The van der Waals surface area contributed by atoms with Crippen molar-refractivity contribution in [3.8, 4) is 0 Å². The molecule has 1 aromatic rings. The van der Waals surface area contributed by atoms with Gasteiger partial charge < -0.3 is 5.11 Å². The predicted octanol–water partition coefficient (Wildman–Crippen LogP) is 0.275. The van der Waals surface area contributed by atoms with Crippen LogP contribution in [0, 0.1) is 17.3 Å². The van der Waals surface area contributed by atoms with Crippen molar-refractivity contribution in [2.75, 3.05) is 6.54 Å². The smallest absolute Gasteiger partial charge is 0.236 e. The highest BCUT2D eigenvalue weighted by Gasteiger charge is 2.72. The van der Waals surface area contributed by atoms with Gasteiger partial charge in [0.25, 0.3) is 0 Å². The zero-order chi connectivity index (χ0) is 14.5. The number of aliphatic hydroxyl groups is 1. The van der Waals surface area contributed by atoms with Crippen LogP contribution in [-0.4, -0.2) is 44.3 Å². The van der Waals surface area contributed by atoms with Crippen LogP contribution < -0.4 is 0 Å². The number of likely N-dealkylation sites (tertiary alicyclic amines) is 1. The number of aliphatic hydroxyl groups excluding tert-OH is 1. The summed E-state index contributed by atoms with van der Waals surface area (Å²) in [5, 5.41) is 14.0. The zero-order valence-electron chi connectivity index (χ0n) is 11.7. The van der Waals surface area contributed by atoms with E-state index < -0.39 is 11.5 Å². The normalized spacial score (nSPS) is 30.0. The van der Waals surface area contributed by atoms with Crippen molar-refractivity contribution in [3.05, 3.63) is 18.5 Å². The number of imide groups is 1. The summed E-state index contributed by atoms with van der Waals surface area (Å²) in [7, 11) is 0. The van der Waals surface area contributed by atoms with Gasteiger partial charge in [0.05, 0.1) is 30.5 Å². The maximum absolute atomic E-state index is 12.4. The Labute approximate surface area is 117 Å². The second-order valence-electron chi connectivity index (χ2n) is 6.09. The molecular formula is C14H19N3O3. The average molecular weight is 277 g/mol. The molecule has 1 N–H and O–H groups in total. The summed E-state index contributed by atoms with van der Waals surface area (Å²) < 4.78 is 1.59. The zero-order valence-corrected chi connectivity index (χ0v) is 11.7. The van der Waals surface area contributed by atoms with Gasteiger partial charge in [0.15, 0.2) is 0 Å². The van der Waals surface area contributed by atoms with E-state index in [4.69, 9.17) is 0 Å². The SMILES string of the molecule is CC(C)[C@]12C[C@H]1C(=O)N(CC(O)Cn1cccn1)C2=O. The lowest BCUT2D eigenvalue weighted by Crippen LogP contribution is -2.42. The van der Waals surface area contributed by atoms with Crippen LogP contribution in [0.3, 0.4) is 0 Å². The minimum atomic E-state index is -0.787. The third-order valence-corrected chi connectivity index (χ3v) is 4.59. The van der Waals surface area contributed by atoms with Gasteiger partial charge in [-0.15, -0.1) is 0 Å². The maximum Gasteiger partial charge on any atom is 0.236 e. The highest BCUT2D eigenvalue weighted by atomic mass is 16.3. The minimum Gasteiger partial charge on any atom is -0.389 e. The van der Waals surface area contributed by atoms with E-state index in [1.54, 1.807) is 23.1 Å². The Hall–Kier alpha value is -1.69. The first-order valence-electron chi connectivity index (χ1n) is 6.98. The molecule has 0 radical (unpaired) electrons. The third-order valence-electron chi connectivity index (χ3n) is 4.59. The number of aromatic nitrogens is 2. The van der Waals surface area contributed by atoms with Crippen LogP contribution in [0.4, 0.5) is 0 Å². The molecule has 3 atom stereocenters. The molecule has 0 spiro atoms. The van der Waals surface area contributed by atoms with E-state index in [9.17, 15) is 14.7 Å². The molecule has 2 fully saturated rings. The average Bonchev–Trinajstić information content (AvgIpc) is 2.90. The molecule has 6 nitrogen and oxygen atoms in total. The second-order valence-corrected chi connectivity index (χ2v) is 6.09. The first-order chi connectivity index (χ1) is 9.46. The van der Waals surface area contributed by atoms with Crippen molar-refractivity contribution in [1.82, 2.24) is 14.7 Å². The van der Waals surface area contributed by atoms with Crippen molar-refractivity contribution in [1.29, 1.82) is 0 Å². The fourth-order valence-electron chi connectivity index (χ4n) is 3.31. The number of β-amino-alcohol motifs (C(OH)–C–C–N with tert-alkyl or cyclic N) is 1. The summed E-state index contributed by atoms with van der Waals surface area (Å²) in [5.41, 5.74) is -0.484. The second kappa shape index (κ2) is 4.41. The number of fused-ring (bicyclic) bond motifs is 1. The summed E-state index contributed by atoms with van der Waals surface area (Å²) >= 11 is 0. The van der Waals surface area contributed by atoms with Crippen molar-refractivity contribution < 1.29 is 14.7 Å². The van der Waals surface area contributed by atoms with Gasteiger partial charge in [0, 0.05) is 12.4 Å². The summed E-state index contributed by atoms with van der Waals surface area (Å²) in [6.07, 6.45) is 3.25. The number of amides is 2. The van der Waals surface area contributed by atoms with Crippen LogP contribution in [0.1, 0.15) is 20.3 Å². The molecular weight excluding hydrogens is 258 g/mol. The number of rotatable bonds is 5. The predicted molar refractivity (Wildman–Crippen MR) is 70.3 cm³/mol. The first kappa shape index (κ1) is 13.3. The van der Waals surface area contributed by atoms with Gasteiger partial charge in [-0.25, -0.2) is 0 Å². The Morgan fingerprint density at radius 1 is 1.45 bits per heavy atom. The topological polar surface area (TPSA) is 75.4 Å². The van der Waals surface area contributed by atoms with E-state index in [1.165, 1.54) is 4.90 Å². The fraction of sp³-hybridized carbons (Fsp3) is 0.643. The number of piperidine rings is 1. The number of nitrogens with zero attached hydrogens (tertiary/aromatic N) is 3. The first-order valence-corrected chi connectivity index (χ1v) is 6.98. The Kier molecular flexibility index (Phi) is 2.93. The number of hydrogen-bond acceptors (Lipinski definition) is 4. The maximum atomic E-state index is 12.4. The fourth-order valence-corrected chi connectivity index (χ4v) is 3.31. The van der Waals surface area contributed by atoms with E-state index in [1.807, 2.05) is 13.8 Å². The number of hydrogen-bond donors (Lipinski definition) is 1. The lowest BCUT2D eigenvalue weighted by molar-refractivity contribution is -0.145. The Morgan fingerprint density at radius 2 is 2.20 bits per heavy atom. The van der Waals surface area contributed by atoms with E-state index in [0.717, 1.165) is 0 Å². The third kappa shape index (κ3) is 1.78. The summed E-state index contributed by atoms with van der Waals surface area (Å²) in [6, 6.07) is 1.77. The highest BCUT2D eigenvalue weighted by molar-refractivity contribution is 6.11. The van der Waals surface area contributed by atoms with Crippen LogP contribution in [0.2, 0.25) is 0 Å². The molecule has 1 aliphatic carbocycles. The Morgan fingerprint density at radius 3 is 2.75 bits per heavy atom. The van der Waals surface area contributed by atoms with Crippen molar-refractivity contribution in [3.63, 3.8) is 0 Å². The van der Waals surface area contributed by atoms with Gasteiger partial charge >= 0.3 is 0 Å². The molecule has 2 amide bonds. The molecule has 3 rings (SSSR count). The van der Waals surface area contributed by atoms with Crippen LogP contribution in [0.25, 0.3) is 0 Å². The van der Waals surface area contributed by atoms with Gasteiger partial charge in [-0.2, -0.15) is 5.10 Å². The number of carbonyl (C=O) groups is 2. The number of carbonyl (C=O) groups excluding carboxylic acids is 2. The monoisotopic (exact) mass is 277 g/mol. The highest BCUT2D eigenvalue weighted by Crippen LogP contribution is 2.63. The Bertz CT molecular complexity index is 540. The van der Waals surface area contributed by atoms with Gasteiger partial charge in [-0.05, 0) is 18.4 Å². The van der Waals surface area contributed by atoms with Crippen molar-refractivity contribution in [2.24, 2.45) is 17.3 Å². The molecule has 2 aliphatic rings. The molecule has 20 heavy (non-hydrogen) atoms. The summed E-state index contributed by atoms with van der Waals surface area (Å²) in [5.74, 6) is -0.227. The standard InChI is InChI=1S/C14H19N3O3/c1-9(2)14-6-11(14)12(19)17(13(14)20)8-10(18)7-16-5-3-4-15-16/h3-5,9-11,18H,6-8H2,1-2H3/t10?,11-,14+/m0/s1. The van der Waals surface area contributed by atoms with Crippen LogP contribution in [-0.2, 0) is 16.1 Å². The largest absolute Gasteiger partial charge is 0.389 e. The molecule has 1 saturated carbocycles. The van der Waals surface area contributed by atoms with E-state index in [-0.39, 0.29) is 36.7 Å². The molecule has 1 saturated heterocycles. The van der Waals surface area contributed by atoms with Gasteiger partial charge in [-0.1, -0.05) is 13.8 Å². The Balaban J connectivity index is 1.67. The lowest BCUT2D eigenvalue weighted by Gasteiger charge is -2.23. The molecule has 2 heterocycles. The lowest BCUT2D eigenvalue weighted by atomic mass is 9.91. The molecule has 6 heteroatoms. The van der Waals surface area contributed by atoms with Gasteiger partial charge in [0.2, 0.25) is 11.8 Å².